The van der Waals surface area contributed by atoms with Crippen LogP contribution in [0.5, 0.6) is 11.5 Å². The number of hydrogen-bond acceptors (Lipinski definition) is 6. The van der Waals surface area contributed by atoms with E-state index in [9.17, 15) is 32.9 Å². The minimum atomic E-state index is -4.76. The smallest absolute Gasteiger partial charge is 0.416 e. The summed E-state index contributed by atoms with van der Waals surface area (Å²) < 4.78 is 44.6. The van der Waals surface area contributed by atoms with Gasteiger partial charge in [-0.3, -0.25) is 24.6 Å². The number of amides is 2. The SMILES string of the molecule is O=C1S/C(=C/c2ccc(Oc3ccc(C(F)(F)F)cc3[N+](=O)[O-])c(Br)c2)C(=O)N1Cc1ccc(Cl)cc1Cl. The highest BCUT2D eigenvalue weighted by Gasteiger charge is 2.36. The van der Waals surface area contributed by atoms with Gasteiger partial charge in [0, 0.05) is 16.1 Å². The molecule has 0 saturated carbocycles. The predicted molar refractivity (Wildman–Crippen MR) is 140 cm³/mol. The molecule has 38 heavy (non-hydrogen) atoms. The fourth-order valence-corrected chi connectivity index (χ4v) is 5.12. The van der Waals surface area contributed by atoms with Crippen LogP contribution in [0.4, 0.5) is 23.7 Å². The van der Waals surface area contributed by atoms with Crippen molar-refractivity contribution in [1.82, 2.24) is 4.90 Å². The van der Waals surface area contributed by atoms with E-state index in [2.05, 4.69) is 15.9 Å². The van der Waals surface area contributed by atoms with Crippen LogP contribution in [0.3, 0.4) is 0 Å². The Bertz CT molecular complexity index is 1520. The molecule has 2 amide bonds. The molecule has 7 nitrogen and oxygen atoms in total. The molecule has 14 heteroatoms. The van der Waals surface area contributed by atoms with Crippen molar-refractivity contribution in [1.29, 1.82) is 0 Å². The summed E-state index contributed by atoms with van der Waals surface area (Å²) in [5.41, 5.74) is -1.01. The van der Waals surface area contributed by atoms with Gasteiger partial charge in [0.05, 0.1) is 26.4 Å². The van der Waals surface area contributed by atoms with Gasteiger partial charge in [-0.15, -0.1) is 0 Å². The first-order chi connectivity index (χ1) is 17.8. The van der Waals surface area contributed by atoms with E-state index in [1.54, 1.807) is 12.1 Å². The van der Waals surface area contributed by atoms with Gasteiger partial charge in [0.15, 0.2) is 0 Å². The number of imide groups is 1. The Hall–Kier alpha value is -3.06. The second-order valence-corrected chi connectivity index (χ2v) is 10.4. The lowest BCUT2D eigenvalue weighted by Crippen LogP contribution is -2.27. The molecule has 1 heterocycles. The molecule has 0 N–H and O–H groups in total. The summed E-state index contributed by atoms with van der Waals surface area (Å²) in [6.45, 7) is -0.0413. The lowest BCUT2D eigenvalue weighted by Gasteiger charge is -2.13. The average Bonchev–Trinajstić information content (AvgIpc) is 3.09. The number of nitrogens with zero attached hydrogens (tertiary/aromatic N) is 2. The van der Waals surface area contributed by atoms with E-state index in [1.807, 2.05) is 0 Å². The van der Waals surface area contributed by atoms with E-state index < -0.39 is 39.2 Å². The third kappa shape index (κ3) is 6.15. The molecule has 0 spiro atoms. The third-order valence-corrected chi connectivity index (χ3v) is 7.29. The second kappa shape index (κ2) is 11.0. The first-order valence-corrected chi connectivity index (χ1v) is 12.7. The Morgan fingerprint density at radius 1 is 1.05 bits per heavy atom. The van der Waals surface area contributed by atoms with Crippen LogP contribution in [0.1, 0.15) is 16.7 Å². The Balaban J connectivity index is 1.54. The summed E-state index contributed by atoms with van der Waals surface area (Å²) >= 11 is 16.0. The quantitative estimate of drug-likeness (QED) is 0.151. The van der Waals surface area contributed by atoms with E-state index >= 15 is 0 Å². The van der Waals surface area contributed by atoms with Crippen LogP contribution in [-0.2, 0) is 17.5 Å². The Morgan fingerprint density at radius 3 is 2.39 bits per heavy atom. The highest BCUT2D eigenvalue weighted by Crippen LogP contribution is 2.40. The Kier molecular flexibility index (Phi) is 8.07. The van der Waals surface area contributed by atoms with Gasteiger partial charge < -0.3 is 4.74 Å². The van der Waals surface area contributed by atoms with Gasteiger partial charge in [-0.25, -0.2) is 0 Å². The lowest BCUT2D eigenvalue weighted by atomic mass is 10.1. The Morgan fingerprint density at radius 2 is 1.76 bits per heavy atom. The molecule has 1 saturated heterocycles. The maximum atomic E-state index is 12.9. The summed E-state index contributed by atoms with van der Waals surface area (Å²) in [4.78, 5) is 36.9. The van der Waals surface area contributed by atoms with Crippen LogP contribution in [0.15, 0.2) is 64.0 Å². The molecule has 4 rings (SSSR count). The zero-order chi connectivity index (χ0) is 27.8. The second-order valence-electron chi connectivity index (χ2n) is 7.73. The molecule has 0 atom stereocenters. The van der Waals surface area contributed by atoms with Crippen LogP contribution < -0.4 is 4.74 Å². The fraction of sp³-hybridized carbons (Fsp3) is 0.0833. The zero-order valence-corrected chi connectivity index (χ0v) is 22.5. The number of hydrogen-bond donors (Lipinski definition) is 0. The van der Waals surface area contributed by atoms with E-state index in [0.717, 1.165) is 22.7 Å². The molecule has 1 fully saturated rings. The summed E-state index contributed by atoms with van der Waals surface area (Å²) in [6, 6.07) is 11.1. The molecule has 1 aliphatic rings. The highest BCUT2D eigenvalue weighted by atomic mass is 79.9. The van der Waals surface area contributed by atoms with Crippen molar-refractivity contribution in [3.63, 3.8) is 0 Å². The van der Waals surface area contributed by atoms with Crippen LogP contribution in [-0.4, -0.2) is 21.0 Å². The van der Waals surface area contributed by atoms with Gasteiger partial charge in [-0.05, 0) is 81.3 Å². The molecule has 0 radical (unpaired) electrons. The van der Waals surface area contributed by atoms with E-state index in [1.165, 1.54) is 30.3 Å². The van der Waals surface area contributed by atoms with Crippen molar-refractivity contribution < 1.29 is 32.4 Å². The number of rotatable bonds is 6. The molecule has 0 unspecified atom stereocenters. The minimum Gasteiger partial charge on any atom is -0.449 e. The maximum absolute atomic E-state index is 12.9. The number of nitro benzene ring substituents is 1. The number of halogens is 6. The number of alkyl halides is 3. The fourth-order valence-electron chi connectivity index (χ4n) is 3.34. The highest BCUT2D eigenvalue weighted by molar-refractivity contribution is 9.10. The molecular weight excluding hydrogens is 636 g/mol. The third-order valence-electron chi connectivity index (χ3n) is 5.17. The summed E-state index contributed by atoms with van der Waals surface area (Å²) in [7, 11) is 0. The largest absolute Gasteiger partial charge is 0.449 e. The van der Waals surface area contributed by atoms with Crippen LogP contribution in [0.2, 0.25) is 10.0 Å². The van der Waals surface area contributed by atoms with Crippen molar-refractivity contribution >= 4 is 73.8 Å². The molecule has 0 bridgehead atoms. The van der Waals surface area contributed by atoms with Crippen molar-refractivity contribution in [3.05, 3.63) is 101 Å². The monoisotopic (exact) mass is 646 g/mol. The predicted octanol–water partition coefficient (Wildman–Crippen LogP) is 8.71. The molecule has 3 aromatic carbocycles. The molecular formula is C24H12BrCl2F3N2O5S. The van der Waals surface area contributed by atoms with Crippen LogP contribution in [0.25, 0.3) is 6.08 Å². The van der Waals surface area contributed by atoms with E-state index in [-0.39, 0.29) is 17.2 Å². The van der Waals surface area contributed by atoms with Gasteiger partial charge in [0.1, 0.15) is 5.75 Å². The first-order valence-electron chi connectivity index (χ1n) is 10.4. The summed E-state index contributed by atoms with van der Waals surface area (Å²) in [5, 5.41) is 11.6. The number of thioether (sulfide) groups is 1. The Labute approximate surface area is 235 Å². The van der Waals surface area contributed by atoms with Gasteiger partial charge >= 0.3 is 11.9 Å². The normalized spacial score (nSPS) is 14.9. The number of carbonyl (C=O) groups is 2. The topological polar surface area (TPSA) is 89.7 Å². The summed E-state index contributed by atoms with van der Waals surface area (Å²) in [5.74, 6) is -0.836. The molecule has 0 aliphatic carbocycles. The lowest BCUT2D eigenvalue weighted by molar-refractivity contribution is -0.385. The van der Waals surface area contributed by atoms with Gasteiger partial charge in [-0.1, -0.05) is 35.3 Å². The number of carbonyl (C=O) groups excluding carboxylic acids is 2. The van der Waals surface area contributed by atoms with Gasteiger partial charge in [-0.2, -0.15) is 13.2 Å². The number of ether oxygens (including phenoxy) is 1. The van der Waals surface area contributed by atoms with Crippen molar-refractivity contribution in [2.24, 2.45) is 0 Å². The zero-order valence-electron chi connectivity index (χ0n) is 18.6. The van der Waals surface area contributed by atoms with E-state index in [4.69, 9.17) is 27.9 Å². The van der Waals surface area contributed by atoms with Crippen molar-refractivity contribution in [2.75, 3.05) is 0 Å². The molecule has 3 aromatic rings. The molecule has 1 aliphatic heterocycles. The average molecular weight is 648 g/mol. The van der Waals surface area contributed by atoms with Crippen molar-refractivity contribution in [3.8, 4) is 11.5 Å². The van der Waals surface area contributed by atoms with Crippen molar-refractivity contribution in [2.45, 2.75) is 12.7 Å². The first kappa shape index (κ1) is 28.0. The molecule has 0 aromatic heterocycles. The number of nitro groups is 1. The van der Waals surface area contributed by atoms with Crippen LogP contribution >= 0.6 is 50.9 Å². The minimum absolute atomic E-state index is 0.0413. The van der Waals surface area contributed by atoms with E-state index in [0.29, 0.717) is 37.8 Å². The number of benzene rings is 3. The van der Waals surface area contributed by atoms with Gasteiger partial charge in [0.2, 0.25) is 5.75 Å². The van der Waals surface area contributed by atoms with Gasteiger partial charge in [0.25, 0.3) is 11.1 Å². The summed E-state index contributed by atoms with van der Waals surface area (Å²) in [6.07, 6.45) is -3.28. The maximum Gasteiger partial charge on any atom is 0.416 e. The standard InChI is InChI=1S/C24H12BrCl2F3N2O5S/c25-16-7-12(1-5-19(16)37-20-6-3-14(24(28,29)30)9-18(20)32(35)36)8-21-22(33)31(23(34)38-21)11-13-2-4-15(26)10-17(13)27/h1-10H,11H2/b21-8+. The molecule has 196 valence electrons. The van der Waals surface area contributed by atoms with Crippen LogP contribution in [0, 0.1) is 10.1 Å².